The standard InChI is InChI=1S/C11H19N3O/c15-6-5-14-9-10(8-13-14)7-12-11-3-1-2-4-11/h8-9,11-12,15H,1-7H2. The van der Waals surface area contributed by atoms with Crippen molar-refractivity contribution < 1.29 is 5.11 Å². The minimum Gasteiger partial charge on any atom is -0.394 e. The van der Waals surface area contributed by atoms with Crippen LogP contribution in [0, 0.1) is 0 Å². The highest BCUT2D eigenvalue weighted by Crippen LogP contribution is 2.17. The molecule has 1 aromatic rings. The zero-order valence-electron chi connectivity index (χ0n) is 9.02. The summed E-state index contributed by atoms with van der Waals surface area (Å²) in [5.74, 6) is 0. The van der Waals surface area contributed by atoms with Crippen LogP contribution >= 0.6 is 0 Å². The third-order valence-corrected chi connectivity index (χ3v) is 2.97. The van der Waals surface area contributed by atoms with Gasteiger partial charge in [0.05, 0.1) is 19.3 Å². The van der Waals surface area contributed by atoms with E-state index >= 15 is 0 Å². The largest absolute Gasteiger partial charge is 0.394 e. The number of rotatable bonds is 5. The Morgan fingerprint density at radius 3 is 3.00 bits per heavy atom. The number of aliphatic hydroxyl groups is 1. The summed E-state index contributed by atoms with van der Waals surface area (Å²) in [5.41, 5.74) is 1.20. The van der Waals surface area contributed by atoms with Crippen molar-refractivity contribution in [1.29, 1.82) is 0 Å². The van der Waals surface area contributed by atoms with E-state index in [1.165, 1.54) is 31.2 Å². The van der Waals surface area contributed by atoms with Crippen LogP contribution in [-0.4, -0.2) is 27.5 Å². The Morgan fingerprint density at radius 2 is 2.27 bits per heavy atom. The van der Waals surface area contributed by atoms with Gasteiger partial charge in [0.1, 0.15) is 0 Å². The third-order valence-electron chi connectivity index (χ3n) is 2.97. The molecule has 0 bridgehead atoms. The van der Waals surface area contributed by atoms with E-state index < -0.39 is 0 Å². The second-order valence-corrected chi connectivity index (χ2v) is 4.20. The average molecular weight is 209 g/mol. The molecular formula is C11H19N3O. The van der Waals surface area contributed by atoms with Crippen LogP contribution in [0.2, 0.25) is 0 Å². The summed E-state index contributed by atoms with van der Waals surface area (Å²) in [4.78, 5) is 0. The Hall–Kier alpha value is -0.870. The lowest BCUT2D eigenvalue weighted by Crippen LogP contribution is -2.25. The van der Waals surface area contributed by atoms with Crippen LogP contribution in [0.15, 0.2) is 12.4 Å². The van der Waals surface area contributed by atoms with Crippen LogP contribution in [0.1, 0.15) is 31.2 Å². The predicted molar refractivity (Wildman–Crippen MR) is 58.4 cm³/mol. The van der Waals surface area contributed by atoms with E-state index in [2.05, 4.69) is 10.4 Å². The average Bonchev–Trinajstić information content (AvgIpc) is 2.85. The Kier molecular flexibility index (Phi) is 3.75. The maximum atomic E-state index is 8.75. The second-order valence-electron chi connectivity index (χ2n) is 4.20. The molecule has 1 aliphatic carbocycles. The first-order valence-corrected chi connectivity index (χ1v) is 5.74. The molecule has 0 spiro atoms. The minimum atomic E-state index is 0.150. The van der Waals surface area contributed by atoms with Gasteiger partial charge in [-0.3, -0.25) is 4.68 Å². The van der Waals surface area contributed by atoms with Crippen LogP contribution < -0.4 is 5.32 Å². The minimum absolute atomic E-state index is 0.150. The molecule has 1 fully saturated rings. The molecule has 84 valence electrons. The highest BCUT2D eigenvalue weighted by Gasteiger charge is 2.13. The van der Waals surface area contributed by atoms with Crippen LogP contribution in [0.4, 0.5) is 0 Å². The molecule has 2 rings (SSSR count). The number of nitrogens with zero attached hydrogens (tertiary/aromatic N) is 2. The maximum absolute atomic E-state index is 8.75. The fourth-order valence-electron chi connectivity index (χ4n) is 2.11. The molecule has 2 N–H and O–H groups in total. The molecule has 0 unspecified atom stereocenters. The predicted octanol–water partition coefficient (Wildman–Crippen LogP) is 0.908. The van der Waals surface area contributed by atoms with E-state index in [0.29, 0.717) is 12.6 Å². The molecule has 0 aromatic carbocycles. The zero-order chi connectivity index (χ0) is 10.5. The maximum Gasteiger partial charge on any atom is 0.0640 e. The summed E-state index contributed by atoms with van der Waals surface area (Å²) >= 11 is 0. The highest BCUT2D eigenvalue weighted by molar-refractivity contribution is 5.03. The molecule has 0 aliphatic heterocycles. The number of nitrogens with one attached hydrogen (secondary N) is 1. The Labute approximate surface area is 90.3 Å². The van der Waals surface area contributed by atoms with Gasteiger partial charge < -0.3 is 10.4 Å². The van der Waals surface area contributed by atoms with Crippen LogP contribution in [0.25, 0.3) is 0 Å². The van der Waals surface area contributed by atoms with Crippen molar-refractivity contribution in [3.63, 3.8) is 0 Å². The Balaban J connectivity index is 1.77. The van der Waals surface area contributed by atoms with Crippen LogP contribution in [0.3, 0.4) is 0 Å². The van der Waals surface area contributed by atoms with Crippen LogP contribution in [-0.2, 0) is 13.1 Å². The van der Waals surface area contributed by atoms with Gasteiger partial charge in [0.2, 0.25) is 0 Å². The number of hydrogen-bond donors (Lipinski definition) is 2. The van der Waals surface area contributed by atoms with Gasteiger partial charge in [-0.15, -0.1) is 0 Å². The van der Waals surface area contributed by atoms with Gasteiger partial charge >= 0.3 is 0 Å². The van der Waals surface area contributed by atoms with E-state index in [1.54, 1.807) is 4.68 Å². The fourth-order valence-corrected chi connectivity index (χ4v) is 2.11. The van der Waals surface area contributed by atoms with E-state index in [4.69, 9.17) is 5.11 Å². The van der Waals surface area contributed by atoms with E-state index in [9.17, 15) is 0 Å². The highest BCUT2D eigenvalue weighted by atomic mass is 16.3. The van der Waals surface area contributed by atoms with E-state index in [0.717, 1.165) is 6.54 Å². The Morgan fingerprint density at radius 1 is 1.47 bits per heavy atom. The second kappa shape index (κ2) is 5.28. The molecule has 0 saturated heterocycles. The molecule has 1 aliphatic rings. The van der Waals surface area contributed by atoms with Gasteiger partial charge in [0, 0.05) is 24.3 Å². The molecule has 15 heavy (non-hydrogen) atoms. The number of aliphatic hydroxyl groups excluding tert-OH is 1. The lowest BCUT2D eigenvalue weighted by atomic mass is 10.2. The quantitative estimate of drug-likeness (QED) is 0.757. The first-order valence-electron chi connectivity index (χ1n) is 5.74. The van der Waals surface area contributed by atoms with Gasteiger partial charge in [0.15, 0.2) is 0 Å². The van der Waals surface area contributed by atoms with E-state index in [1.807, 2.05) is 12.4 Å². The molecule has 1 aromatic heterocycles. The summed E-state index contributed by atoms with van der Waals surface area (Å²) in [6.07, 6.45) is 9.22. The summed E-state index contributed by atoms with van der Waals surface area (Å²) in [6, 6.07) is 0.700. The molecule has 0 amide bonds. The summed E-state index contributed by atoms with van der Waals surface area (Å²) < 4.78 is 1.78. The topological polar surface area (TPSA) is 50.1 Å². The van der Waals surface area contributed by atoms with Crippen molar-refractivity contribution in [1.82, 2.24) is 15.1 Å². The first-order chi connectivity index (χ1) is 7.38. The summed E-state index contributed by atoms with van der Waals surface area (Å²) in [6.45, 7) is 1.64. The van der Waals surface area contributed by atoms with Crippen molar-refractivity contribution >= 4 is 0 Å². The van der Waals surface area contributed by atoms with Gasteiger partial charge in [-0.25, -0.2) is 0 Å². The van der Waals surface area contributed by atoms with Crippen molar-refractivity contribution in [2.24, 2.45) is 0 Å². The molecule has 4 nitrogen and oxygen atoms in total. The fraction of sp³-hybridized carbons (Fsp3) is 0.727. The van der Waals surface area contributed by atoms with Crippen molar-refractivity contribution in [3.05, 3.63) is 18.0 Å². The summed E-state index contributed by atoms with van der Waals surface area (Å²) in [5, 5.41) is 16.5. The van der Waals surface area contributed by atoms with Crippen molar-refractivity contribution in [2.75, 3.05) is 6.61 Å². The van der Waals surface area contributed by atoms with Crippen molar-refractivity contribution in [2.45, 2.75) is 44.8 Å². The third kappa shape index (κ3) is 3.04. The molecule has 1 saturated carbocycles. The van der Waals surface area contributed by atoms with E-state index in [-0.39, 0.29) is 6.61 Å². The number of aromatic nitrogens is 2. The molecule has 0 radical (unpaired) electrons. The zero-order valence-corrected chi connectivity index (χ0v) is 9.02. The lowest BCUT2D eigenvalue weighted by Gasteiger charge is -2.09. The normalized spacial score (nSPS) is 17.4. The first kappa shape index (κ1) is 10.6. The van der Waals surface area contributed by atoms with Gasteiger partial charge in [-0.1, -0.05) is 12.8 Å². The monoisotopic (exact) mass is 209 g/mol. The molecule has 1 heterocycles. The van der Waals surface area contributed by atoms with Gasteiger partial charge in [-0.05, 0) is 12.8 Å². The smallest absolute Gasteiger partial charge is 0.0640 e. The number of hydrogen-bond acceptors (Lipinski definition) is 3. The lowest BCUT2D eigenvalue weighted by molar-refractivity contribution is 0.269. The van der Waals surface area contributed by atoms with Gasteiger partial charge in [0.25, 0.3) is 0 Å². The van der Waals surface area contributed by atoms with Gasteiger partial charge in [-0.2, -0.15) is 5.10 Å². The Bertz CT molecular complexity index is 292. The molecule has 0 atom stereocenters. The van der Waals surface area contributed by atoms with Crippen molar-refractivity contribution in [3.8, 4) is 0 Å². The summed E-state index contributed by atoms with van der Waals surface area (Å²) in [7, 11) is 0. The molecular weight excluding hydrogens is 190 g/mol. The molecule has 4 heteroatoms. The SMILES string of the molecule is OCCn1cc(CNC2CCCC2)cn1. The van der Waals surface area contributed by atoms with Crippen LogP contribution in [0.5, 0.6) is 0 Å².